The number of hydrogen-bond acceptors (Lipinski definition) is 2. The zero-order chi connectivity index (χ0) is 13.0. The number of carbonyl (C=O) groups is 1. The molecule has 92 valence electrons. The average molecular weight is 234 g/mol. The normalized spacial score (nSPS) is 9.88. The van der Waals surface area contributed by atoms with Crippen LogP contribution in [0.2, 0.25) is 0 Å². The van der Waals surface area contributed by atoms with Crippen LogP contribution < -0.4 is 10.9 Å². The Bertz CT molecular complexity index is 509. The molecule has 1 aromatic rings. The first-order valence-corrected chi connectivity index (χ1v) is 5.52. The molecule has 0 saturated heterocycles. The van der Waals surface area contributed by atoms with Crippen LogP contribution in [0.5, 0.6) is 0 Å². The van der Waals surface area contributed by atoms with E-state index in [2.05, 4.69) is 10.3 Å². The van der Waals surface area contributed by atoms with Gasteiger partial charge in [-0.15, -0.1) is 0 Å². The number of H-pyrrole nitrogens is 1. The fraction of sp³-hybridized carbons (Fsp3) is 0.385. The Kier molecular flexibility index (Phi) is 4.26. The van der Waals surface area contributed by atoms with Crippen molar-refractivity contribution in [3.05, 3.63) is 44.9 Å². The van der Waals surface area contributed by atoms with Gasteiger partial charge in [-0.25, -0.2) is 0 Å². The molecule has 0 aliphatic carbocycles. The Morgan fingerprint density at radius 1 is 1.41 bits per heavy atom. The Labute approximate surface area is 101 Å². The summed E-state index contributed by atoms with van der Waals surface area (Å²) in [7, 11) is 0. The molecule has 0 aliphatic heterocycles. The number of pyridine rings is 1. The topological polar surface area (TPSA) is 62.0 Å². The quantitative estimate of drug-likeness (QED) is 0.780. The highest BCUT2D eigenvalue weighted by atomic mass is 16.1. The lowest BCUT2D eigenvalue weighted by Gasteiger charge is -2.06. The molecule has 1 amide bonds. The van der Waals surface area contributed by atoms with Crippen LogP contribution in [0.25, 0.3) is 0 Å². The van der Waals surface area contributed by atoms with Crippen LogP contribution in [0, 0.1) is 13.8 Å². The summed E-state index contributed by atoms with van der Waals surface area (Å²) in [6.45, 7) is 7.65. The van der Waals surface area contributed by atoms with Gasteiger partial charge in [0.05, 0.1) is 0 Å². The van der Waals surface area contributed by atoms with Gasteiger partial charge in [-0.05, 0) is 39.3 Å². The first-order chi connectivity index (χ1) is 7.90. The van der Waals surface area contributed by atoms with E-state index in [1.807, 2.05) is 33.8 Å². The summed E-state index contributed by atoms with van der Waals surface area (Å²) in [4.78, 5) is 25.8. The van der Waals surface area contributed by atoms with Gasteiger partial charge in [0.25, 0.3) is 5.56 Å². The summed E-state index contributed by atoms with van der Waals surface area (Å²) >= 11 is 0. The Morgan fingerprint density at radius 2 is 2.06 bits per heavy atom. The predicted molar refractivity (Wildman–Crippen MR) is 67.8 cm³/mol. The maximum Gasteiger partial charge on any atom is 0.253 e. The zero-order valence-corrected chi connectivity index (χ0v) is 10.7. The van der Waals surface area contributed by atoms with E-state index in [0.717, 1.165) is 16.8 Å². The van der Waals surface area contributed by atoms with Crippen molar-refractivity contribution in [2.45, 2.75) is 34.2 Å². The molecule has 2 N–H and O–H groups in total. The van der Waals surface area contributed by atoms with Crippen LogP contribution in [-0.4, -0.2) is 10.9 Å². The van der Waals surface area contributed by atoms with E-state index in [1.165, 1.54) is 6.08 Å². The highest BCUT2D eigenvalue weighted by Crippen LogP contribution is 2.03. The molecular weight excluding hydrogens is 216 g/mol. The summed E-state index contributed by atoms with van der Waals surface area (Å²) < 4.78 is 0. The van der Waals surface area contributed by atoms with Crippen LogP contribution in [0.1, 0.15) is 30.7 Å². The van der Waals surface area contributed by atoms with E-state index in [9.17, 15) is 9.59 Å². The SMILES string of the molecule is CC(C)=CC(=O)NCc1c(C)cc(C)[nH]c1=O. The number of allylic oxidation sites excluding steroid dienone is 1. The molecule has 17 heavy (non-hydrogen) atoms. The smallest absolute Gasteiger partial charge is 0.253 e. The number of amides is 1. The predicted octanol–water partition coefficient (Wildman–Crippen LogP) is 1.57. The number of hydrogen-bond donors (Lipinski definition) is 2. The van der Waals surface area contributed by atoms with E-state index < -0.39 is 0 Å². The number of carbonyl (C=O) groups excluding carboxylic acids is 1. The first kappa shape index (κ1) is 13.2. The molecule has 0 aliphatic rings. The largest absolute Gasteiger partial charge is 0.348 e. The summed E-state index contributed by atoms with van der Waals surface area (Å²) in [6, 6.07) is 1.89. The monoisotopic (exact) mass is 234 g/mol. The minimum atomic E-state index is -0.177. The van der Waals surface area contributed by atoms with Gasteiger partial charge in [0.2, 0.25) is 5.91 Å². The maximum absolute atomic E-state index is 11.7. The molecule has 1 rings (SSSR count). The maximum atomic E-state index is 11.7. The molecule has 1 aromatic heterocycles. The van der Waals surface area contributed by atoms with Crippen molar-refractivity contribution < 1.29 is 4.79 Å². The Hall–Kier alpha value is -1.84. The van der Waals surface area contributed by atoms with E-state index in [1.54, 1.807) is 0 Å². The van der Waals surface area contributed by atoms with Crippen molar-refractivity contribution in [1.82, 2.24) is 10.3 Å². The fourth-order valence-electron chi connectivity index (χ4n) is 1.59. The van der Waals surface area contributed by atoms with Gasteiger partial charge in [-0.1, -0.05) is 5.57 Å². The number of nitrogens with one attached hydrogen (secondary N) is 2. The fourth-order valence-corrected chi connectivity index (χ4v) is 1.59. The molecule has 0 bridgehead atoms. The van der Waals surface area contributed by atoms with Crippen LogP contribution in [-0.2, 0) is 11.3 Å². The lowest BCUT2D eigenvalue weighted by atomic mass is 10.1. The second-order valence-corrected chi connectivity index (χ2v) is 4.38. The van der Waals surface area contributed by atoms with E-state index >= 15 is 0 Å². The summed E-state index contributed by atoms with van der Waals surface area (Å²) in [5, 5.41) is 2.70. The van der Waals surface area contributed by atoms with Gasteiger partial charge in [0.15, 0.2) is 0 Å². The molecule has 0 radical (unpaired) electrons. The minimum Gasteiger partial charge on any atom is -0.348 e. The van der Waals surface area contributed by atoms with Gasteiger partial charge in [0.1, 0.15) is 0 Å². The van der Waals surface area contributed by atoms with Crippen molar-refractivity contribution in [3.63, 3.8) is 0 Å². The van der Waals surface area contributed by atoms with Gasteiger partial charge in [-0.3, -0.25) is 9.59 Å². The highest BCUT2D eigenvalue weighted by Gasteiger charge is 2.06. The highest BCUT2D eigenvalue weighted by molar-refractivity contribution is 5.87. The van der Waals surface area contributed by atoms with Crippen molar-refractivity contribution in [2.24, 2.45) is 0 Å². The molecule has 0 atom stereocenters. The number of aromatic amines is 1. The molecule has 0 fully saturated rings. The zero-order valence-electron chi connectivity index (χ0n) is 10.7. The van der Waals surface area contributed by atoms with E-state index in [4.69, 9.17) is 0 Å². The summed E-state index contributed by atoms with van der Waals surface area (Å²) in [5.41, 5.74) is 3.11. The van der Waals surface area contributed by atoms with Crippen LogP contribution in [0.15, 0.2) is 22.5 Å². The Morgan fingerprint density at radius 3 is 2.59 bits per heavy atom. The number of aryl methyl sites for hydroxylation is 2. The molecule has 4 nitrogen and oxygen atoms in total. The van der Waals surface area contributed by atoms with Gasteiger partial charge in [0, 0.05) is 23.9 Å². The van der Waals surface area contributed by atoms with Gasteiger partial charge < -0.3 is 10.3 Å². The number of rotatable bonds is 3. The third kappa shape index (κ3) is 3.90. The summed E-state index contributed by atoms with van der Waals surface area (Å²) in [5.74, 6) is -0.177. The van der Waals surface area contributed by atoms with E-state index in [0.29, 0.717) is 5.56 Å². The van der Waals surface area contributed by atoms with Crippen molar-refractivity contribution in [2.75, 3.05) is 0 Å². The molecular formula is C13H18N2O2. The molecule has 1 heterocycles. The molecule has 0 saturated carbocycles. The van der Waals surface area contributed by atoms with Crippen molar-refractivity contribution >= 4 is 5.91 Å². The molecule has 0 aromatic carbocycles. The summed E-state index contributed by atoms with van der Waals surface area (Å²) in [6.07, 6.45) is 1.51. The third-order valence-corrected chi connectivity index (χ3v) is 2.35. The van der Waals surface area contributed by atoms with Crippen LogP contribution in [0.4, 0.5) is 0 Å². The van der Waals surface area contributed by atoms with Crippen LogP contribution >= 0.6 is 0 Å². The second-order valence-electron chi connectivity index (χ2n) is 4.38. The average Bonchev–Trinajstić information content (AvgIpc) is 2.14. The lowest BCUT2D eigenvalue weighted by molar-refractivity contribution is -0.116. The molecule has 0 unspecified atom stereocenters. The Balaban J connectivity index is 2.81. The standard InChI is InChI=1S/C13H18N2O2/c1-8(2)5-12(16)14-7-11-9(3)6-10(4)15-13(11)17/h5-6H,7H2,1-4H3,(H,14,16)(H,15,17). The number of aromatic nitrogens is 1. The van der Waals surface area contributed by atoms with Gasteiger partial charge in [-0.2, -0.15) is 0 Å². The third-order valence-electron chi connectivity index (χ3n) is 2.35. The van der Waals surface area contributed by atoms with Crippen molar-refractivity contribution in [1.29, 1.82) is 0 Å². The minimum absolute atomic E-state index is 0.139. The molecule has 4 heteroatoms. The van der Waals surface area contributed by atoms with E-state index in [-0.39, 0.29) is 18.0 Å². The van der Waals surface area contributed by atoms with Crippen molar-refractivity contribution in [3.8, 4) is 0 Å². The van der Waals surface area contributed by atoms with Crippen LogP contribution in [0.3, 0.4) is 0 Å². The first-order valence-electron chi connectivity index (χ1n) is 5.52. The second kappa shape index (κ2) is 5.48. The lowest BCUT2D eigenvalue weighted by Crippen LogP contribution is -2.26. The van der Waals surface area contributed by atoms with Gasteiger partial charge >= 0.3 is 0 Å². The molecule has 0 spiro atoms.